The third-order valence-electron chi connectivity index (χ3n) is 2.22. The van der Waals surface area contributed by atoms with Crippen molar-refractivity contribution in [1.29, 1.82) is 0 Å². The molecular formula is C11H18N2O2S. The van der Waals surface area contributed by atoms with E-state index in [9.17, 15) is 8.42 Å². The molecule has 0 fully saturated rings. The summed E-state index contributed by atoms with van der Waals surface area (Å²) >= 11 is 0. The molecule has 0 saturated carbocycles. The molecule has 5 heteroatoms. The lowest BCUT2D eigenvalue weighted by atomic mass is 10.2. The molecule has 0 aliphatic carbocycles. The van der Waals surface area contributed by atoms with Crippen LogP contribution in [0.4, 0.5) is 11.4 Å². The molecule has 0 spiro atoms. The molecule has 0 atom stereocenters. The predicted molar refractivity (Wildman–Crippen MR) is 68.4 cm³/mol. The Hall–Kier alpha value is -1.23. The summed E-state index contributed by atoms with van der Waals surface area (Å²) in [4.78, 5) is 0. The summed E-state index contributed by atoms with van der Waals surface area (Å²) in [5, 5.41) is 3.14. The molecule has 90 valence electrons. The summed E-state index contributed by atoms with van der Waals surface area (Å²) in [6.07, 6.45) is 1.83. The number of hydrogen-bond acceptors (Lipinski definition) is 4. The maximum Gasteiger partial charge on any atom is 0.147 e. The van der Waals surface area contributed by atoms with Crippen molar-refractivity contribution < 1.29 is 8.42 Å². The van der Waals surface area contributed by atoms with Crippen molar-refractivity contribution in [3.8, 4) is 0 Å². The van der Waals surface area contributed by atoms with Gasteiger partial charge in [0.05, 0.1) is 17.1 Å². The van der Waals surface area contributed by atoms with Crippen LogP contribution < -0.4 is 11.1 Å². The number of rotatable bonds is 5. The number of hydrogen-bond donors (Lipinski definition) is 2. The van der Waals surface area contributed by atoms with Gasteiger partial charge in [0.2, 0.25) is 0 Å². The van der Waals surface area contributed by atoms with E-state index < -0.39 is 9.84 Å². The predicted octanol–water partition coefficient (Wildman–Crippen LogP) is 1.42. The molecule has 0 aliphatic rings. The van der Waals surface area contributed by atoms with Gasteiger partial charge in [-0.1, -0.05) is 6.07 Å². The lowest BCUT2D eigenvalue weighted by Gasteiger charge is -2.09. The van der Waals surface area contributed by atoms with Crippen molar-refractivity contribution in [3.63, 3.8) is 0 Å². The molecule has 4 nitrogen and oxygen atoms in total. The topological polar surface area (TPSA) is 72.2 Å². The van der Waals surface area contributed by atoms with Crippen molar-refractivity contribution in [3.05, 3.63) is 23.8 Å². The molecule has 0 bridgehead atoms. The van der Waals surface area contributed by atoms with Crippen molar-refractivity contribution in [2.24, 2.45) is 0 Å². The number of anilines is 2. The van der Waals surface area contributed by atoms with E-state index in [0.29, 0.717) is 18.7 Å². The molecule has 1 aromatic carbocycles. The lowest BCUT2D eigenvalue weighted by Crippen LogP contribution is -2.10. The van der Waals surface area contributed by atoms with Crippen molar-refractivity contribution in [2.45, 2.75) is 13.3 Å². The van der Waals surface area contributed by atoms with Gasteiger partial charge < -0.3 is 11.1 Å². The highest BCUT2D eigenvalue weighted by Crippen LogP contribution is 2.19. The highest BCUT2D eigenvalue weighted by Gasteiger charge is 2.02. The van der Waals surface area contributed by atoms with Crippen molar-refractivity contribution in [1.82, 2.24) is 0 Å². The fourth-order valence-corrected chi connectivity index (χ4v) is 2.05. The Morgan fingerprint density at radius 3 is 2.69 bits per heavy atom. The third kappa shape index (κ3) is 4.53. The quantitative estimate of drug-likeness (QED) is 0.605. The molecule has 1 aromatic rings. The van der Waals surface area contributed by atoms with Crippen LogP contribution in [0.15, 0.2) is 18.2 Å². The van der Waals surface area contributed by atoms with Crippen LogP contribution in [0.3, 0.4) is 0 Å². The summed E-state index contributed by atoms with van der Waals surface area (Å²) in [6, 6.07) is 5.74. The number of sulfone groups is 1. The number of nitrogen functional groups attached to an aromatic ring is 1. The highest BCUT2D eigenvalue weighted by molar-refractivity contribution is 7.90. The summed E-state index contributed by atoms with van der Waals surface area (Å²) in [5.41, 5.74) is 8.46. The van der Waals surface area contributed by atoms with E-state index in [1.54, 1.807) is 0 Å². The first-order valence-electron chi connectivity index (χ1n) is 5.16. The first kappa shape index (κ1) is 12.8. The second kappa shape index (κ2) is 5.21. The van der Waals surface area contributed by atoms with E-state index in [2.05, 4.69) is 5.32 Å². The summed E-state index contributed by atoms with van der Waals surface area (Å²) in [7, 11) is -2.87. The third-order valence-corrected chi connectivity index (χ3v) is 3.25. The van der Waals surface area contributed by atoms with E-state index in [0.717, 1.165) is 11.3 Å². The van der Waals surface area contributed by atoms with Crippen molar-refractivity contribution in [2.75, 3.05) is 29.6 Å². The molecule has 16 heavy (non-hydrogen) atoms. The normalized spacial score (nSPS) is 11.4. The van der Waals surface area contributed by atoms with Crippen molar-refractivity contribution >= 4 is 21.2 Å². The molecule has 0 heterocycles. The lowest BCUT2D eigenvalue weighted by molar-refractivity contribution is 0.600. The molecule has 3 N–H and O–H groups in total. The zero-order chi connectivity index (χ0) is 12.2. The van der Waals surface area contributed by atoms with Crippen LogP contribution in [-0.4, -0.2) is 27.0 Å². The maximum atomic E-state index is 10.9. The van der Waals surface area contributed by atoms with Gasteiger partial charge in [0.1, 0.15) is 9.84 Å². The van der Waals surface area contributed by atoms with Gasteiger partial charge in [0.25, 0.3) is 0 Å². The minimum absolute atomic E-state index is 0.200. The molecule has 0 aliphatic heterocycles. The summed E-state index contributed by atoms with van der Waals surface area (Å²) in [5.74, 6) is 0.200. The zero-order valence-corrected chi connectivity index (χ0v) is 10.5. The molecule has 0 aromatic heterocycles. The molecule has 0 saturated heterocycles. The second-order valence-electron chi connectivity index (χ2n) is 4.00. The number of nitrogens with two attached hydrogens (primary N) is 1. The monoisotopic (exact) mass is 242 g/mol. The van der Waals surface area contributed by atoms with E-state index in [4.69, 9.17) is 5.73 Å². The Morgan fingerprint density at radius 2 is 2.06 bits per heavy atom. The first-order valence-corrected chi connectivity index (χ1v) is 7.22. The number of nitrogens with one attached hydrogen (secondary N) is 1. The first-order chi connectivity index (χ1) is 7.38. The van der Waals surface area contributed by atoms with Crippen LogP contribution in [-0.2, 0) is 9.84 Å². The SMILES string of the molecule is Cc1ccc(N)c(NCCCS(C)(=O)=O)c1. The van der Waals surface area contributed by atoms with Gasteiger partial charge in [-0.05, 0) is 31.0 Å². The Morgan fingerprint density at radius 1 is 1.38 bits per heavy atom. The largest absolute Gasteiger partial charge is 0.397 e. The molecular weight excluding hydrogens is 224 g/mol. The van der Waals surface area contributed by atoms with Gasteiger partial charge in [-0.2, -0.15) is 0 Å². The van der Waals surface area contributed by atoms with Gasteiger partial charge in [0, 0.05) is 12.8 Å². The van der Waals surface area contributed by atoms with Crippen LogP contribution in [0.25, 0.3) is 0 Å². The van der Waals surface area contributed by atoms with E-state index >= 15 is 0 Å². The maximum absolute atomic E-state index is 10.9. The zero-order valence-electron chi connectivity index (χ0n) is 9.66. The Kier molecular flexibility index (Phi) is 4.18. The van der Waals surface area contributed by atoms with Gasteiger partial charge in [0.15, 0.2) is 0 Å². The van der Waals surface area contributed by atoms with E-state index in [1.165, 1.54) is 6.26 Å². The van der Waals surface area contributed by atoms with Crippen LogP contribution in [0.2, 0.25) is 0 Å². The fraction of sp³-hybridized carbons (Fsp3) is 0.455. The van der Waals surface area contributed by atoms with Gasteiger partial charge in [-0.15, -0.1) is 0 Å². The Bertz CT molecular complexity index is 455. The molecule has 1 rings (SSSR count). The Balaban J connectivity index is 2.46. The summed E-state index contributed by atoms with van der Waals surface area (Å²) < 4.78 is 21.8. The van der Waals surface area contributed by atoms with Crippen LogP contribution in [0, 0.1) is 6.92 Å². The summed E-state index contributed by atoms with van der Waals surface area (Å²) in [6.45, 7) is 2.60. The molecule has 0 radical (unpaired) electrons. The van der Waals surface area contributed by atoms with Crippen LogP contribution in [0.5, 0.6) is 0 Å². The van der Waals surface area contributed by atoms with Crippen LogP contribution >= 0.6 is 0 Å². The van der Waals surface area contributed by atoms with Gasteiger partial charge in [-0.25, -0.2) is 8.42 Å². The molecule has 0 unspecified atom stereocenters. The standard InChI is InChI=1S/C11H18N2O2S/c1-9-4-5-10(12)11(8-9)13-6-3-7-16(2,14)15/h4-5,8,13H,3,6-7,12H2,1-2H3. The van der Waals surface area contributed by atoms with Gasteiger partial charge >= 0.3 is 0 Å². The van der Waals surface area contributed by atoms with Gasteiger partial charge in [-0.3, -0.25) is 0 Å². The highest BCUT2D eigenvalue weighted by atomic mass is 32.2. The average Bonchev–Trinajstić information content (AvgIpc) is 2.16. The fourth-order valence-electron chi connectivity index (χ4n) is 1.38. The number of benzene rings is 1. The average molecular weight is 242 g/mol. The smallest absolute Gasteiger partial charge is 0.147 e. The van der Waals surface area contributed by atoms with Crippen LogP contribution in [0.1, 0.15) is 12.0 Å². The van der Waals surface area contributed by atoms with E-state index in [-0.39, 0.29) is 5.75 Å². The Labute approximate surface area is 96.8 Å². The number of aryl methyl sites for hydroxylation is 1. The second-order valence-corrected chi connectivity index (χ2v) is 6.26. The minimum Gasteiger partial charge on any atom is -0.397 e. The van der Waals surface area contributed by atoms with E-state index in [1.807, 2.05) is 25.1 Å². The minimum atomic E-state index is -2.87. The molecule has 0 amide bonds.